The minimum absolute atomic E-state index is 0.718. The zero-order chi connectivity index (χ0) is 12.4. The first-order valence-electron chi connectivity index (χ1n) is 5.70. The lowest BCUT2D eigenvalue weighted by Crippen LogP contribution is -1.90. The monoisotopic (exact) mass is 252 g/mol. The summed E-state index contributed by atoms with van der Waals surface area (Å²) in [7, 11) is 0. The van der Waals surface area contributed by atoms with E-state index in [2.05, 4.69) is 35.3 Å². The average Bonchev–Trinajstić information content (AvgIpc) is 2.41. The maximum atomic E-state index is 5.90. The minimum Gasteiger partial charge on any atom is -0.397 e. The van der Waals surface area contributed by atoms with Crippen LogP contribution >= 0.6 is 11.8 Å². The maximum absolute atomic E-state index is 5.90. The van der Waals surface area contributed by atoms with Crippen LogP contribution in [0.4, 0.5) is 5.69 Å². The smallest absolute Gasteiger partial charge is 0.124 e. The van der Waals surface area contributed by atoms with Crippen molar-refractivity contribution in [3.8, 4) is 0 Å². The first kappa shape index (κ1) is 11.1. The molecule has 3 heteroatoms. The van der Waals surface area contributed by atoms with E-state index in [9.17, 15) is 0 Å². The van der Waals surface area contributed by atoms with Crippen LogP contribution in [-0.4, -0.2) is 4.98 Å². The Morgan fingerprint density at radius 2 is 1.72 bits per heavy atom. The first-order valence-corrected chi connectivity index (χ1v) is 6.52. The zero-order valence-corrected chi connectivity index (χ0v) is 10.5. The second-order valence-electron chi connectivity index (χ2n) is 4.01. The van der Waals surface area contributed by atoms with Gasteiger partial charge in [-0.2, -0.15) is 0 Å². The van der Waals surface area contributed by atoms with Crippen molar-refractivity contribution in [3.63, 3.8) is 0 Å². The van der Waals surface area contributed by atoms with Gasteiger partial charge in [0.05, 0.1) is 5.69 Å². The number of rotatable bonds is 2. The molecule has 0 saturated heterocycles. The normalized spacial score (nSPS) is 10.7. The highest BCUT2D eigenvalue weighted by atomic mass is 32.2. The number of anilines is 1. The average molecular weight is 252 g/mol. The Labute approximate surface area is 110 Å². The summed E-state index contributed by atoms with van der Waals surface area (Å²) in [6.45, 7) is 0. The van der Waals surface area contributed by atoms with E-state index < -0.39 is 0 Å². The molecular weight excluding hydrogens is 240 g/mol. The number of aromatic nitrogens is 1. The van der Waals surface area contributed by atoms with Crippen molar-refractivity contribution >= 4 is 28.2 Å². The van der Waals surface area contributed by atoms with Crippen molar-refractivity contribution in [2.24, 2.45) is 0 Å². The first-order chi connectivity index (χ1) is 8.83. The molecule has 0 radical (unpaired) electrons. The number of hydrogen-bond acceptors (Lipinski definition) is 3. The molecule has 88 valence electrons. The molecule has 3 aromatic rings. The van der Waals surface area contributed by atoms with Crippen LogP contribution in [0, 0.1) is 0 Å². The van der Waals surface area contributed by atoms with E-state index in [0.29, 0.717) is 0 Å². The third-order valence-electron chi connectivity index (χ3n) is 2.74. The summed E-state index contributed by atoms with van der Waals surface area (Å²) < 4.78 is 0. The molecule has 1 heterocycles. The summed E-state index contributed by atoms with van der Waals surface area (Å²) in [4.78, 5) is 5.44. The van der Waals surface area contributed by atoms with Crippen molar-refractivity contribution in [1.82, 2.24) is 4.98 Å². The van der Waals surface area contributed by atoms with Gasteiger partial charge in [0.15, 0.2) is 0 Å². The number of pyridine rings is 1. The number of nitrogen functional groups attached to an aromatic ring is 1. The quantitative estimate of drug-likeness (QED) is 0.750. The molecule has 0 aliphatic heterocycles. The predicted molar refractivity (Wildman–Crippen MR) is 76.7 cm³/mol. The van der Waals surface area contributed by atoms with Gasteiger partial charge in [0, 0.05) is 11.1 Å². The summed E-state index contributed by atoms with van der Waals surface area (Å²) in [5.74, 6) is 0. The SMILES string of the molecule is Nc1cccnc1Sc1ccc2ccccc2c1. The van der Waals surface area contributed by atoms with Crippen LogP contribution in [0.15, 0.2) is 70.7 Å². The molecule has 0 bridgehead atoms. The Morgan fingerprint density at radius 1 is 0.889 bits per heavy atom. The van der Waals surface area contributed by atoms with Crippen LogP contribution < -0.4 is 5.73 Å². The Morgan fingerprint density at radius 3 is 2.56 bits per heavy atom. The Balaban J connectivity index is 1.98. The fourth-order valence-corrected chi connectivity index (χ4v) is 2.68. The molecule has 2 aromatic carbocycles. The van der Waals surface area contributed by atoms with Gasteiger partial charge in [0.1, 0.15) is 5.03 Å². The second kappa shape index (κ2) is 4.70. The molecule has 0 fully saturated rings. The standard InChI is InChI=1S/C15H12N2S/c16-14-6-3-9-17-15(14)18-13-8-7-11-4-1-2-5-12(11)10-13/h1-10H,16H2. The molecule has 18 heavy (non-hydrogen) atoms. The van der Waals surface area contributed by atoms with Gasteiger partial charge >= 0.3 is 0 Å². The lowest BCUT2D eigenvalue weighted by Gasteiger charge is -2.05. The summed E-state index contributed by atoms with van der Waals surface area (Å²) in [5, 5.41) is 3.33. The van der Waals surface area contributed by atoms with Gasteiger partial charge in [0.2, 0.25) is 0 Å². The third kappa shape index (κ3) is 2.17. The molecule has 0 aliphatic carbocycles. The summed E-state index contributed by atoms with van der Waals surface area (Å²) in [6, 6.07) is 18.4. The summed E-state index contributed by atoms with van der Waals surface area (Å²) in [6.07, 6.45) is 1.76. The summed E-state index contributed by atoms with van der Waals surface area (Å²) in [5.41, 5.74) is 6.62. The van der Waals surface area contributed by atoms with Crippen LogP contribution in [0.1, 0.15) is 0 Å². The van der Waals surface area contributed by atoms with E-state index in [-0.39, 0.29) is 0 Å². The van der Waals surface area contributed by atoms with Crippen LogP contribution in [0.5, 0.6) is 0 Å². The van der Waals surface area contributed by atoms with E-state index in [1.807, 2.05) is 24.3 Å². The minimum atomic E-state index is 0.718. The number of nitrogens with two attached hydrogens (primary N) is 1. The van der Waals surface area contributed by atoms with Gasteiger partial charge < -0.3 is 5.73 Å². The highest BCUT2D eigenvalue weighted by Gasteiger charge is 2.03. The Kier molecular flexibility index (Phi) is 2.90. The molecule has 0 spiro atoms. The fourth-order valence-electron chi connectivity index (χ4n) is 1.83. The van der Waals surface area contributed by atoms with Crippen molar-refractivity contribution in [1.29, 1.82) is 0 Å². The molecule has 3 rings (SSSR count). The second-order valence-corrected chi connectivity index (χ2v) is 5.07. The molecule has 1 aromatic heterocycles. The van der Waals surface area contributed by atoms with Gasteiger partial charge in [-0.15, -0.1) is 0 Å². The number of hydrogen-bond donors (Lipinski definition) is 1. The van der Waals surface area contributed by atoms with Crippen molar-refractivity contribution in [2.45, 2.75) is 9.92 Å². The molecule has 0 saturated carbocycles. The Hall–Kier alpha value is -2.00. The zero-order valence-electron chi connectivity index (χ0n) is 9.71. The highest BCUT2D eigenvalue weighted by Crippen LogP contribution is 2.31. The van der Waals surface area contributed by atoms with Crippen LogP contribution in [-0.2, 0) is 0 Å². The van der Waals surface area contributed by atoms with Crippen LogP contribution in [0.3, 0.4) is 0 Å². The molecular formula is C15H12N2S. The maximum Gasteiger partial charge on any atom is 0.124 e. The lowest BCUT2D eigenvalue weighted by atomic mass is 10.1. The van der Waals surface area contributed by atoms with Crippen molar-refractivity contribution in [3.05, 3.63) is 60.8 Å². The van der Waals surface area contributed by atoms with Gasteiger partial charge in [-0.1, -0.05) is 42.1 Å². The van der Waals surface area contributed by atoms with E-state index in [0.717, 1.165) is 15.6 Å². The number of fused-ring (bicyclic) bond motifs is 1. The van der Waals surface area contributed by atoms with Gasteiger partial charge in [0.25, 0.3) is 0 Å². The Bertz CT molecular complexity index is 695. The molecule has 0 aliphatic rings. The van der Waals surface area contributed by atoms with Crippen molar-refractivity contribution in [2.75, 3.05) is 5.73 Å². The molecule has 0 atom stereocenters. The van der Waals surface area contributed by atoms with E-state index in [4.69, 9.17) is 5.73 Å². The molecule has 0 unspecified atom stereocenters. The van der Waals surface area contributed by atoms with Crippen molar-refractivity contribution < 1.29 is 0 Å². The molecule has 2 N–H and O–H groups in total. The topological polar surface area (TPSA) is 38.9 Å². The van der Waals surface area contributed by atoms with Crippen LogP contribution in [0.25, 0.3) is 10.8 Å². The number of nitrogens with zero attached hydrogens (tertiary/aromatic N) is 1. The fraction of sp³-hybridized carbons (Fsp3) is 0. The van der Waals surface area contributed by atoms with Gasteiger partial charge in [-0.3, -0.25) is 0 Å². The largest absolute Gasteiger partial charge is 0.397 e. The van der Waals surface area contributed by atoms with Crippen LogP contribution in [0.2, 0.25) is 0 Å². The van der Waals surface area contributed by atoms with Gasteiger partial charge in [-0.25, -0.2) is 4.98 Å². The van der Waals surface area contributed by atoms with Gasteiger partial charge in [-0.05, 0) is 35.0 Å². The predicted octanol–water partition coefficient (Wildman–Crippen LogP) is 3.97. The molecule has 0 amide bonds. The van der Waals surface area contributed by atoms with E-state index in [1.54, 1.807) is 18.0 Å². The highest BCUT2D eigenvalue weighted by molar-refractivity contribution is 7.99. The number of benzene rings is 2. The summed E-state index contributed by atoms with van der Waals surface area (Å²) >= 11 is 1.59. The third-order valence-corrected chi connectivity index (χ3v) is 3.76. The van der Waals surface area contributed by atoms with E-state index in [1.165, 1.54) is 10.8 Å². The lowest BCUT2D eigenvalue weighted by molar-refractivity contribution is 1.14. The van der Waals surface area contributed by atoms with E-state index >= 15 is 0 Å². The molecule has 2 nitrogen and oxygen atoms in total.